The van der Waals surface area contributed by atoms with Gasteiger partial charge in [0.1, 0.15) is 0 Å². The van der Waals surface area contributed by atoms with Gasteiger partial charge in [0.2, 0.25) is 0 Å². The Bertz CT molecular complexity index is 1050. The topological polar surface area (TPSA) is 49.4 Å². The zero-order valence-corrected chi connectivity index (χ0v) is 20.7. The Labute approximate surface area is 206 Å². The first-order valence-corrected chi connectivity index (χ1v) is 13.0. The average Bonchev–Trinajstić information content (AvgIpc) is 2.81. The molecule has 3 rings (SSSR count). The van der Waals surface area contributed by atoms with E-state index in [2.05, 4.69) is 12.2 Å². The first kappa shape index (κ1) is 26.2. The van der Waals surface area contributed by atoms with Crippen LogP contribution in [0.4, 0.5) is 18.9 Å². The van der Waals surface area contributed by atoms with Gasteiger partial charge in [-0.2, -0.15) is 24.9 Å². The Morgan fingerprint density at radius 3 is 2.50 bits per heavy atom. The molecular weight excluding hydrogens is 481 g/mol. The fraction of sp³-hybridized carbons (Fsp3) is 0.360. The van der Waals surface area contributed by atoms with Crippen molar-refractivity contribution >= 4 is 47.1 Å². The number of benzene rings is 2. The smallest absolute Gasteiger partial charge is 0.352 e. The van der Waals surface area contributed by atoms with Crippen LogP contribution < -0.4 is 10.2 Å². The second-order valence-corrected chi connectivity index (χ2v) is 10.2. The van der Waals surface area contributed by atoms with E-state index in [4.69, 9.17) is 0 Å². The number of halogens is 3. The van der Waals surface area contributed by atoms with Gasteiger partial charge in [-0.1, -0.05) is 37.2 Å². The van der Waals surface area contributed by atoms with Crippen LogP contribution in [0.5, 0.6) is 0 Å². The summed E-state index contributed by atoms with van der Waals surface area (Å²) in [4.78, 5) is 28.1. The lowest BCUT2D eigenvalue weighted by Crippen LogP contribution is -2.31. The Hall–Kier alpha value is -2.39. The number of amides is 2. The number of carbonyl (C=O) groups is 2. The highest BCUT2D eigenvalue weighted by molar-refractivity contribution is 8.04. The van der Waals surface area contributed by atoms with Crippen LogP contribution in [-0.2, 0) is 11.0 Å². The van der Waals surface area contributed by atoms with Crippen molar-refractivity contribution in [2.45, 2.75) is 37.3 Å². The van der Waals surface area contributed by atoms with E-state index in [1.807, 2.05) is 11.8 Å². The third-order valence-electron chi connectivity index (χ3n) is 5.25. The monoisotopic (exact) mass is 508 g/mol. The number of thioether (sulfide) groups is 2. The van der Waals surface area contributed by atoms with Gasteiger partial charge in [-0.15, -0.1) is 0 Å². The molecule has 182 valence electrons. The predicted molar refractivity (Wildman–Crippen MR) is 134 cm³/mol. The van der Waals surface area contributed by atoms with Crippen LogP contribution in [0.3, 0.4) is 0 Å². The Kier molecular flexibility index (Phi) is 9.13. The zero-order valence-electron chi connectivity index (χ0n) is 19.1. The minimum absolute atomic E-state index is 0.182. The van der Waals surface area contributed by atoms with E-state index in [0.29, 0.717) is 28.3 Å². The summed E-state index contributed by atoms with van der Waals surface area (Å²) in [5.41, 5.74) is 0.875. The summed E-state index contributed by atoms with van der Waals surface area (Å²) in [6.07, 6.45) is 0.461. The summed E-state index contributed by atoms with van der Waals surface area (Å²) < 4.78 is 38.3. The van der Waals surface area contributed by atoms with Crippen molar-refractivity contribution in [3.63, 3.8) is 0 Å². The van der Waals surface area contributed by atoms with Crippen molar-refractivity contribution in [1.82, 2.24) is 5.32 Å². The van der Waals surface area contributed by atoms with Crippen LogP contribution in [0, 0.1) is 0 Å². The van der Waals surface area contributed by atoms with E-state index in [1.54, 1.807) is 31.3 Å². The lowest BCUT2D eigenvalue weighted by atomic mass is 10.1. The standard InChI is InChI=1S/C25H27F3N2O2S2/c1-3-4-13-33-14-5-12-29-23(31)18-8-11-21-20(16-18)30(2)24(32)22(34-21)15-17-6-9-19(10-7-17)25(26,27)28/h6-11,15-16H,3-5,12-14H2,1-2H3,(H,29,31)/b22-15-. The van der Waals surface area contributed by atoms with Gasteiger partial charge in [-0.25, -0.2) is 0 Å². The first-order valence-electron chi connectivity index (χ1n) is 11.1. The van der Waals surface area contributed by atoms with Crippen LogP contribution in [0.2, 0.25) is 0 Å². The molecule has 0 unspecified atom stereocenters. The summed E-state index contributed by atoms with van der Waals surface area (Å²) in [6.45, 7) is 2.76. The van der Waals surface area contributed by atoms with Gasteiger partial charge in [0.25, 0.3) is 11.8 Å². The minimum atomic E-state index is -4.40. The fourth-order valence-electron chi connectivity index (χ4n) is 3.28. The summed E-state index contributed by atoms with van der Waals surface area (Å²) in [7, 11) is 1.62. The normalized spacial score (nSPS) is 14.9. The van der Waals surface area contributed by atoms with Crippen LogP contribution in [0.1, 0.15) is 47.7 Å². The fourth-order valence-corrected chi connectivity index (χ4v) is 5.42. The lowest BCUT2D eigenvalue weighted by Gasteiger charge is -2.27. The molecule has 2 aromatic rings. The van der Waals surface area contributed by atoms with Crippen molar-refractivity contribution in [3.05, 3.63) is 64.1 Å². The largest absolute Gasteiger partial charge is 0.416 e. The summed E-state index contributed by atoms with van der Waals surface area (Å²) in [5.74, 6) is 1.69. The number of carbonyl (C=O) groups excluding carboxylic acids is 2. The number of rotatable bonds is 9. The van der Waals surface area contributed by atoms with E-state index in [9.17, 15) is 22.8 Å². The van der Waals surface area contributed by atoms with Gasteiger partial charge in [-0.3, -0.25) is 9.59 Å². The van der Waals surface area contributed by atoms with Gasteiger partial charge in [0.15, 0.2) is 0 Å². The molecule has 0 aromatic heterocycles. The summed E-state index contributed by atoms with van der Waals surface area (Å²) in [5, 5.41) is 2.93. The van der Waals surface area contributed by atoms with Gasteiger partial charge < -0.3 is 10.2 Å². The number of nitrogens with one attached hydrogen (secondary N) is 1. The molecule has 2 aromatic carbocycles. The molecule has 0 atom stereocenters. The van der Waals surface area contributed by atoms with Crippen molar-refractivity contribution in [2.75, 3.05) is 30.0 Å². The van der Waals surface area contributed by atoms with Crippen molar-refractivity contribution in [3.8, 4) is 0 Å². The molecule has 0 saturated carbocycles. The quantitative estimate of drug-likeness (QED) is 0.312. The maximum absolute atomic E-state index is 12.9. The van der Waals surface area contributed by atoms with E-state index in [0.717, 1.165) is 35.0 Å². The molecule has 4 nitrogen and oxygen atoms in total. The number of fused-ring (bicyclic) bond motifs is 1. The van der Waals surface area contributed by atoms with Crippen LogP contribution in [-0.4, -0.2) is 36.9 Å². The molecule has 1 aliphatic rings. The molecule has 0 aliphatic carbocycles. The maximum Gasteiger partial charge on any atom is 0.416 e. The molecule has 1 aliphatic heterocycles. The van der Waals surface area contributed by atoms with E-state index in [1.165, 1.54) is 41.6 Å². The molecule has 0 fully saturated rings. The third-order valence-corrected chi connectivity index (χ3v) is 7.48. The van der Waals surface area contributed by atoms with Crippen molar-refractivity contribution in [2.24, 2.45) is 0 Å². The van der Waals surface area contributed by atoms with E-state index < -0.39 is 11.7 Å². The molecule has 2 amide bonds. The van der Waals surface area contributed by atoms with Crippen LogP contribution in [0.15, 0.2) is 52.3 Å². The van der Waals surface area contributed by atoms with Crippen LogP contribution in [0.25, 0.3) is 6.08 Å². The number of unbranched alkanes of at least 4 members (excludes halogenated alkanes) is 1. The van der Waals surface area contributed by atoms with Crippen LogP contribution >= 0.6 is 23.5 Å². The molecule has 9 heteroatoms. The molecule has 0 radical (unpaired) electrons. The maximum atomic E-state index is 12.9. The minimum Gasteiger partial charge on any atom is -0.352 e. The van der Waals surface area contributed by atoms with Crippen molar-refractivity contribution in [1.29, 1.82) is 0 Å². The first-order chi connectivity index (χ1) is 16.2. The van der Waals surface area contributed by atoms with E-state index in [-0.39, 0.29) is 11.8 Å². The number of alkyl halides is 3. The Balaban J connectivity index is 1.65. The molecule has 34 heavy (non-hydrogen) atoms. The predicted octanol–water partition coefficient (Wildman–Crippen LogP) is 6.47. The Morgan fingerprint density at radius 2 is 1.82 bits per heavy atom. The third kappa shape index (κ3) is 6.82. The molecule has 0 saturated heterocycles. The SMILES string of the molecule is CCCCSCCCNC(=O)c1ccc2c(c1)N(C)C(=O)/C(=C/c1ccc(C(F)(F)F)cc1)S2. The number of nitrogens with zero attached hydrogens (tertiary/aromatic N) is 1. The average molecular weight is 509 g/mol. The van der Waals surface area contributed by atoms with E-state index >= 15 is 0 Å². The van der Waals surface area contributed by atoms with Gasteiger partial charge >= 0.3 is 6.18 Å². The molecular formula is C25H27F3N2O2S2. The number of likely N-dealkylation sites (N-methyl/N-ethyl adjacent to an activating group) is 1. The highest BCUT2D eigenvalue weighted by Gasteiger charge is 2.30. The summed E-state index contributed by atoms with van der Waals surface area (Å²) in [6, 6.07) is 9.88. The van der Waals surface area contributed by atoms with Crippen molar-refractivity contribution < 1.29 is 22.8 Å². The molecule has 0 spiro atoms. The molecule has 1 N–H and O–H groups in total. The number of anilines is 1. The van der Waals surface area contributed by atoms with Gasteiger partial charge in [-0.05, 0) is 66.3 Å². The number of hydrogen-bond donors (Lipinski definition) is 1. The molecule has 0 bridgehead atoms. The zero-order chi connectivity index (χ0) is 24.7. The molecule has 1 heterocycles. The lowest BCUT2D eigenvalue weighted by molar-refractivity contribution is -0.137. The highest BCUT2D eigenvalue weighted by Crippen LogP contribution is 2.42. The highest BCUT2D eigenvalue weighted by atomic mass is 32.2. The second kappa shape index (κ2) is 11.8. The second-order valence-electron chi connectivity index (χ2n) is 7.85. The number of hydrogen-bond acceptors (Lipinski definition) is 4. The van der Waals surface area contributed by atoms with Gasteiger partial charge in [0, 0.05) is 24.1 Å². The Morgan fingerprint density at radius 1 is 1.12 bits per heavy atom. The summed E-state index contributed by atoms with van der Waals surface area (Å²) >= 11 is 3.13. The van der Waals surface area contributed by atoms with Gasteiger partial charge in [0.05, 0.1) is 16.2 Å².